The Hall–Kier alpha value is -1.06. The van der Waals surface area contributed by atoms with E-state index in [4.69, 9.17) is 0 Å². The van der Waals surface area contributed by atoms with E-state index in [2.05, 4.69) is 16.7 Å². The van der Waals surface area contributed by atoms with Gasteiger partial charge in [0.25, 0.3) is 0 Å². The van der Waals surface area contributed by atoms with E-state index in [-0.39, 0.29) is 18.3 Å². The van der Waals surface area contributed by atoms with Crippen LogP contribution in [-0.2, 0) is 11.2 Å². The van der Waals surface area contributed by atoms with Crippen LogP contribution in [0.25, 0.3) is 0 Å². The largest absolute Gasteiger partial charge is 0.355 e. The lowest BCUT2D eigenvalue weighted by Gasteiger charge is -2.06. The van der Waals surface area contributed by atoms with Gasteiger partial charge in [-0.05, 0) is 25.3 Å². The first-order valence-corrected chi connectivity index (χ1v) is 6.29. The summed E-state index contributed by atoms with van der Waals surface area (Å²) in [5.74, 6) is 0.105. The van der Waals surface area contributed by atoms with E-state index in [0.717, 1.165) is 18.7 Å². The van der Waals surface area contributed by atoms with Gasteiger partial charge in [-0.2, -0.15) is 0 Å². The van der Waals surface area contributed by atoms with E-state index in [9.17, 15) is 4.79 Å². The summed E-state index contributed by atoms with van der Waals surface area (Å²) in [6, 6.07) is 8.80. The fourth-order valence-corrected chi connectivity index (χ4v) is 1.84. The lowest BCUT2D eigenvalue weighted by molar-refractivity contribution is -0.120. The summed E-state index contributed by atoms with van der Waals surface area (Å²) in [5, 5.41) is 6.30. The highest BCUT2D eigenvalue weighted by atomic mass is 35.5. The van der Waals surface area contributed by atoms with Gasteiger partial charge in [0, 0.05) is 19.1 Å². The summed E-state index contributed by atoms with van der Waals surface area (Å²) in [7, 11) is 0. The van der Waals surface area contributed by atoms with Crippen molar-refractivity contribution in [2.45, 2.75) is 32.2 Å². The van der Waals surface area contributed by atoms with Gasteiger partial charge in [-0.3, -0.25) is 4.79 Å². The summed E-state index contributed by atoms with van der Waals surface area (Å²) in [4.78, 5) is 11.6. The average Bonchev–Trinajstić information content (AvgIpc) is 3.08. The molecular weight excluding hydrogens is 248 g/mol. The standard InChI is InChI=1S/C14H20N2O.ClH/c1-11-3-2-4-12(9-11)10-14(17)16-8-7-15-13-5-6-13;/h2-4,9,13,15H,5-8,10H2,1H3,(H,16,17);1H. The monoisotopic (exact) mass is 268 g/mol. The minimum absolute atomic E-state index is 0. The van der Waals surface area contributed by atoms with E-state index >= 15 is 0 Å². The second-order valence-electron chi connectivity index (χ2n) is 4.74. The summed E-state index contributed by atoms with van der Waals surface area (Å²) in [6.07, 6.45) is 3.06. The second-order valence-corrected chi connectivity index (χ2v) is 4.74. The van der Waals surface area contributed by atoms with Crippen molar-refractivity contribution in [1.29, 1.82) is 0 Å². The second kappa shape index (κ2) is 7.39. The molecule has 1 aromatic rings. The molecule has 1 saturated carbocycles. The van der Waals surface area contributed by atoms with Crippen molar-refractivity contribution in [2.75, 3.05) is 13.1 Å². The summed E-state index contributed by atoms with van der Waals surface area (Å²) >= 11 is 0. The maximum Gasteiger partial charge on any atom is 0.224 e. The van der Waals surface area contributed by atoms with Crippen molar-refractivity contribution in [2.24, 2.45) is 0 Å². The zero-order chi connectivity index (χ0) is 12.1. The van der Waals surface area contributed by atoms with E-state index in [1.165, 1.54) is 18.4 Å². The minimum Gasteiger partial charge on any atom is -0.355 e. The zero-order valence-corrected chi connectivity index (χ0v) is 11.6. The van der Waals surface area contributed by atoms with E-state index in [1.807, 2.05) is 25.1 Å². The molecule has 0 aromatic heterocycles. The Balaban J connectivity index is 0.00000162. The molecule has 4 heteroatoms. The van der Waals surface area contributed by atoms with Gasteiger partial charge in [-0.15, -0.1) is 12.4 Å². The maximum absolute atomic E-state index is 11.6. The molecule has 1 aliphatic carbocycles. The highest BCUT2D eigenvalue weighted by molar-refractivity contribution is 5.85. The van der Waals surface area contributed by atoms with Crippen LogP contribution in [0.4, 0.5) is 0 Å². The number of rotatable bonds is 6. The van der Waals surface area contributed by atoms with E-state index in [1.54, 1.807) is 0 Å². The first kappa shape index (κ1) is 15.0. The molecule has 1 fully saturated rings. The van der Waals surface area contributed by atoms with Crippen LogP contribution in [0.2, 0.25) is 0 Å². The van der Waals surface area contributed by atoms with Gasteiger partial charge < -0.3 is 10.6 Å². The van der Waals surface area contributed by atoms with Crippen LogP contribution < -0.4 is 10.6 Å². The van der Waals surface area contributed by atoms with Crippen LogP contribution in [0.3, 0.4) is 0 Å². The van der Waals surface area contributed by atoms with Crippen LogP contribution in [0, 0.1) is 6.92 Å². The normalized spacial score (nSPS) is 13.8. The first-order valence-electron chi connectivity index (χ1n) is 6.29. The van der Waals surface area contributed by atoms with Crippen molar-refractivity contribution in [3.63, 3.8) is 0 Å². The fraction of sp³-hybridized carbons (Fsp3) is 0.500. The predicted octanol–water partition coefficient (Wildman–Crippen LogP) is 1.83. The SMILES string of the molecule is Cc1cccc(CC(=O)NCCNC2CC2)c1.Cl. The highest BCUT2D eigenvalue weighted by Gasteiger charge is 2.19. The average molecular weight is 269 g/mol. The highest BCUT2D eigenvalue weighted by Crippen LogP contribution is 2.17. The first-order chi connectivity index (χ1) is 8.24. The van der Waals surface area contributed by atoms with Gasteiger partial charge >= 0.3 is 0 Å². The quantitative estimate of drug-likeness (QED) is 0.773. The minimum atomic E-state index is 0. The number of aryl methyl sites for hydroxylation is 1. The molecule has 100 valence electrons. The third-order valence-corrected chi connectivity index (χ3v) is 2.90. The third kappa shape index (κ3) is 5.52. The molecule has 2 N–H and O–H groups in total. The molecule has 0 spiro atoms. The zero-order valence-electron chi connectivity index (χ0n) is 10.7. The summed E-state index contributed by atoms with van der Waals surface area (Å²) in [6.45, 7) is 3.65. The Morgan fingerprint density at radius 3 is 2.78 bits per heavy atom. The number of benzene rings is 1. The molecular formula is C14H21ClN2O. The maximum atomic E-state index is 11.6. The van der Waals surface area contributed by atoms with Crippen molar-refractivity contribution in [3.05, 3.63) is 35.4 Å². The van der Waals surface area contributed by atoms with Crippen molar-refractivity contribution >= 4 is 18.3 Å². The van der Waals surface area contributed by atoms with Gasteiger partial charge in [0.2, 0.25) is 5.91 Å². The molecule has 0 saturated heterocycles. The molecule has 0 bridgehead atoms. The van der Waals surface area contributed by atoms with Gasteiger partial charge in [0.1, 0.15) is 0 Å². The molecule has 2 rings (SSSR count). The van der Waals surface area contributed by atoms with Gasteiger partial charge in [0.15, 0.2) is 0 Å². The molecule has 1 aliphatic rings. The van der Waals surface area contributed by atoms with Gasteiger partial charge in [-0.25, -0.2) is 0 Å². The third-order valence-electron chi connectivity index (χ3n) is 2.90. The molecule has 0 radical (unpaired) electrons. The van der Waals surface area contributed by atoms with Crippen molar-refractivity contribution in [3.8, 4) is 0 Å². The summed E-state index contributed by atoms with van der Waals surface area (Å²) in [5.41, 5.74) is 2.28. The van der Waals surface area contributed by atoms with Crippen molar-refractivity contribution in [1.82, 2.24) is 10.6 Å². The van der Waals surface area contributed by atoms with Gasteiger partial charge in [0.05, 0.1) is 6.42 Å². The van der Waals surface area contributed by atoms with Gasteiger partial charge in [-0.1, -0.05) is 29.8 Å². The molecule has 3 nitrogen and oxygen atoms in total. The van der Waals surface area contributed by atoms with Crippen LogP contribution in [0.15, 0.2) is 24.3 Å². The Kier molecular flexibility index (Phi) is 6.16. The number of carbonyl (C=O) groups excluding carboxylic acids is 1. The van der Waals surface area contributed by atoms with E-state index < -0.39 is 0 Å². The lowest BCUT2D eigenvalue weighted by Crippen LogP contribution is -2.33. The fourth-order valence-electron chi connectivity index (χ4n) is 1.84. The van der Waals surface area contributed by atoms with E-state index in [0.29, 0.717) is 12.5 Å². The molecule has 18 heavy (non-hydrogen) atoms. The van der Waals surface area contributed by atoms with Crippen molar-refractivity contribution < 1.29 is 4.79 Å². The molecule has 0 heterocycles. The molecule has 1 aromatic carbocycles. The topological polar surface area (TPSA) is 41.1 Å². The Morgan fingerprint density at radius 1 is 1.33 bits per heavy atom. The van der Waals surface area contributed by atoms with Crippen LogP contribution in [0.1, 0.15) is 24.0 Å². The Bertz CT molecular complexity index is 391. The Morgan fingerprint density at radius 2 is 2.11 bits per heavy atom. The number of amides is 1. The lowest BCUT2D eigenvalue weighted by atomic mass is 10.1. The number of nitrogens with one attached hydrogen (secondary N) is 2. The predicted molar refractivity (Wildman–Crippen MR) is 76.2 cm³/mol. The van der Waals surface area contributed by atoms with Crippen LogP contribution in [-0.4, -0.2) is 25.0 Å². The number of halogens is 1. The summed E-state index contributed by atoms with van der Waals surface area (Å²) < 4.78 is 0. The smallest absolute Gasteiger partial charge is 0.224 e. The molecule has 0 aliphatic heterocycles. The molecule has 0 atom stereocenters. The van der Waals surface area contributed by atoms with Crippen LogP contribution in [0.5, 0.6) is 0 Å². The number of hydrogen-bond acceptors (Lipinski definition) is 2. The number of carbonyl (C=O) groups is 1. The Labute approximate surface area is 115 Å². The molecule has 1 amide bonds. The van der Waals surface area contributed by atoms with Crippen LogP contribution >= 0.6 is 12.4 Å². The molecule has 0 unspecified atom stereocenters. The number of hydrogen-bond donors (Lipinski definition) is 2.